The smallest absolute Gasteiger partial charge is 0.265 e. The molecule has 0 atom stereocenters. The van der Waals surface area contributed by atoms with E-state index in [0.717, 1.165) is 22.1 Å². The summed E-state index contributed by atoms with van der Waals surface area (Å²) in [5.41, 5.74) is 5.90. The molecule has 3 heterocycles. The highest BCUT2D eigenvalue weighted by atomic mass is 15.4. The molecule has 0 radical (unpaired) electrons. The summed E-state index contributed by atoms with van der Waals surface area (Å²) < 4.78 is 0. The van der Waals surface area contributed by atoms with Crippen LogP contribution in [0.1, 0.15) is 5.69 Å². The van der Waals surface area contributed by atoms with Crippen molar-refractivity contribution >= 4 is 34.2 Å². The van der Waals surface area contributed by atoms with Gasteiger partial charge in [0, 0.05) is 17.1 Å². The first-order valence-electron chi connectivity index (χ1n) is 6.71. The van der Waals surface area contributed by atoms with E-state index >= 15 is 0 Å². The van der Waals surface area contributed by atoms with E-state index in [1.54, 1.807) is 12.4 Å². The normalized spacial score (nSPS) is 11.5. The third kappa shape index (κ3) is 2.24. The van der Waals surface area contributed by atoms with Crippen molar-refractivity contribution in [3.63, 3.8) is 0 Å². The predicted molar refractivity (Wildman–Crippen MR) is 84.6 cm³/mol. The van der Waals surface area contributed by atoms with Gasteiger partial charge in [-0.05, 0) is 18.2 Å². The van der Waals surface area contributed by atoms with Crippen LogP contribution in [0.5, 0.6) is 0 Å². The van der Waals surface area contributed by atoms with Crippen molar-refractivity contribution in [2.75, 3.05) is 5.43 Å². The van der Waals surface area contributed by atoms with Gasteiger partial charge in [0.25, 0.3) is 5.95 Å². The molecule has 0 unspecified atom stereocenters. The number of rotatable bonds is 3. The number of aromatic amines is 1. The Hall–Kier alpha value is -3.35. The van der Waals surface area contributed by atoms with Gasteiger partial charge in [-0.2, -0.15) is 10.1 Å². The van der Waals surface area contributed by atoms with Crippen LogP contribution in [0.25, 0.3) is 22.1 Å². The predicted octanol–water partition coefficient (Wildman–Crippen LogP) is 2.35. The fourth-order valence-electron chi connectivity index (χ4n) is 2.18. The average molecular weight is 289 g/mol. The molecule has 7 heteroatoms. The summed E-state index contributed by atoms with van der Waals surface area (Å²) in [6.07, 6.45) is 3.30. The van der Waals surface area contributed by atoms with Crippen molar-refractivity contribution in [1.82, 2.24) is 25.1 Å². The Morgan fingerprint density at radius 2 is 1.95 bits per heavy atom. The molecule has 0 aliphatic carbocycles. The van der Waals surface area contributed by atoms with Gasteiger partial charge in [0.2, 0.25) is 0 Å². The number of hydrogen-bond donors (Lipinski definition) is 2. The molecule has 4 aromatic rings. The number of anilines is 1. The summed E-state index contributed by atoms with van der Waals surface area (Å²) in [7, 11) is 0. The van der Waals surface area contributed by atoms with Gasteiger partial charge in [-0.3, -0.25) is 4.98 Å². The lowest BCUT2D eigenvalue weighted by atomic mass is 10.2. The van der Waals surface area contributed by atoms with E-state index in [0.29, 0.717) is 11.6 Å². The van der Waals surface area contributed by atoms with Crippen LogP contribution in [0.4, 0.5) is 5.95 Å². The molecular formula is C15H11N7. The topological polar surface area (TPSA) is 91.7 Å². The van der Waals surface area contributed by atoms with Crippen molar-refractivity contribution in [2.45, 2.75) is 0 Å². The number of H-pyrrole nitrogens is 1. The van der Waals surface area contributed by atoms with Crippen LogP contribution < -0.4 is 5.43 Å². The Balaban J connectivity index is 1.63. The standard InChI is InChI=1S/C15H11N7/c1-2-7-12-11(6-1)13-14(18-12)19-15(22-20-13)21-17-9-10-5-3-4-8-16-10/h1-9H,(H2,18,19,21,22)/b17-9-. The van der Waals surface area contributed by atoms with Gasteiger partial charge in [-0.1, -0.05) is 24.3 Å². The first kappa shape index (κ1) is 12.4. The summed E-state index contributed by atoms with van der Waals surface area (Å²) >= 11 is 0. The number of nitrogens with zero attached hydrogens (tertiary/aromatic N) is 5. The van der Waals surface area contributed by atoms with E-state index in [4.69, 9.17) is 0 Å². The third-order valence-corrected chi connectivity index (χ3v) is 3.17. The van der Waals surface area contributed by atoms with E-state index < -0.39 is 0 Å². The molecule has 0 aliphatic rings. The fourth-order valence-corrected chi connectivity index (χ4v) is 2.18. The first-order valence-corrected chi connectivity index (χ1v) is 6.71. The van der Waals surface area contributed by atoms with Gasteiger partial charge in [0.15, 0.2) is 5.65 Å². The van der Waals surface area contributed by atoms with Crippen molar-refractivity contribution in [2.24, 2.45) is 5.10 Å². The molecule has 22 heavy (non-hydrogen) atoms. The highest BCUT2D eigenvalue weighted by molar-refractivity contribution is 6.03. The van der Waals surface area contributed by atoms with Gasteiger partial charge in [0.1, 0.15) is 5.52 Å². The second-order valence-electron chi connectivity index (χ2n) is 4.63. The van der Waals surface area contributed by atoms with Crippen molar-refractivity contribution in [3.05, 3.63) is 54.4 Å². The zero-order valence-electron chi connectivity index (χ0n) is 11.4. The number of hydrazone groups is 1. The maximum atomic E-state index is 4.37. The lowest BCUT2D eigenvalue weighted by Crippen LogP contribution is -1.99. The zero-order chi connectivity index (χ0) is 14.8. The number of hydrogen-bond acceptors (Lipinski definition) is 6. The average Bonchev–Trinajstić information content (AvgIpc) is 2.93. The number of fused-ring (bicyclic) bond motifs is 3. The van der Waals surface area contributed by atoms with Gasteiger partial charge < -0.3 is 4.98 Å². The quantitative estimate of drug-likeness (QED) is 0.446. The van der Waals surface area contributed by atoms with Gasteiger partial charge >= 0.3 is 0 Å². The number of nitrogens with one attached hydrogen (secondary N) is 2. The van der Waals surface area contributed by atoms with Gasteiger partial charge in [-0.15, -0.1) is 10.2 Å². The van der Waals surface area contributed by atoms with Crippen LogP contribution >= 0.6 is 0 Å². The molecule has 0 saturated carbocycles. The van der Waals surface area contributed by atoms with E-state index in [1.165, 1.54) is 0 Å². The minimum absolute atomic E-state index is 0.325. The van der Waals surface area contributed by atoms with Crippen LogP contribution in [0.2, 0.25) is 0 Å². The SMILES string of the molecule is C(=N/Nc1nnc2c(n1)[nH]c1ccccc12)/c1ccccn1. The third-order valence-electron chi connectivity index (χ3n) is 3.17. The Kier molecular flexibility index (Phi) is 2.93. The molecule has 0 bridgehead atoms. The highest BCUT2D eigenvalue weighted by Gasteiger charge is 2.07. The van der Waals surface area contributed by atoms with E-state index in [-0.39, 0.29) is 0 Å². The van der Waals surface area contributed by atoms with E-state index in [2.05, 4.69) is 35.7 Å². The molecule has 3 aromatic heterocycles. The van der Waals surface area contributed by atoms with Crippen LogP contribution in [-0.2, 0) is 0 Å². The van der Waals surface area contributed by atoms with Crippen molar-refractivity contribution in [1.29, 1.82) is 0 Å². The fraction of sp³-hybridized carbons (Fsp3) is 0. The van der Waals surface area contributed by atoms with Crippen molar-refractivity contribution in [3.8, 4) is 0 Å². The molecule has 0 amide bonds. The summed E-state index contributed by atoms with van der Waals surface area (Å²) in [5.74, 6) is 0.325. The lowest BCUT2D eigenvalue weighted by Gasteiger charge is -1.96. The molecule has 7 nitrogen and oxygen atoms in total. The second kappa shape index (κ2) is 5.21. The summed E-state index contributed by atoms with van der Waals surface area (Å²) in [6, 6.07) is 13.5. The summed E-state index contributed by atoms with van der Waals surface area (Å²) in [6.45, 7) is 0. The molecule has 0 saturated heterocycles. The highest BCUT2D eigenvalue weighted by Crippen LogP contribution is 2.21. The minimum atomic E-state index is 0.325. The first-order chi connectivity index (χ1) is 10.9. The largest absolute Gasteiger partial charge is 0.338 e. The van der Waals surface area contributed by atoms with Crippen LogP contribution in [0, 0.1) is 0 Å². The maximum Gasteiger partial charge on any atom is 0.265 e. The van der Waals surface area contributed by atoms with Crippen molar-refractivity contribution < 1.29 is 0 Å². The van der Waals surface area contributed by atoms with Crippen LogP contribution in [0.15, 0.2) is 53.8 Å². The molecule has 106 valence electrons. The zero-order valence-corrected chi connectivity index (χ0v) is 11.4. The molecule has 2 N–H and O–H groups in total. The van der Waals surface area contributed by atoms with Crippen LogP contribution in [0.3, 0.4) is 0 Å². The summed E-state index contributed by atoms with van der Waals surface area (Å²) in [5, 5.41) is 13.3. The maximum absolute atomic E-state index is 4.37. The number of aromatic nitrogens is 5. The Morgan fingerprint density at radius 3 is 2.86 bits per heavy atom. The Morgan fingerprint density at radius 1 is 1.05 bits per heavy atom. The van der Waals surface area contributed by atoms with E-state index in [1.807, 2.05) is 42.5 Å². The number of para-hydroxylation sites is 1. The molecule has 0 spiro atoms. The molecule has 0 fully saturated rings. The molecule has 4 rings (SSSR count). The van der Waals surface area contributed by atoms with Gasteiger partial charge in [0.05, 0.1) is 11.9 Å². The molecule has 0 aliphatic heterocycles. The van der Waals surface area contributed by atoms with Crippen LogP contribution in [-0.4, -0.2) is 31.4 Å². The Labute approximate surface area is 125 Å². The summed E-state index contributed by atoms with van der Waals surface area (Å²) in [4.78, 5) is 11.7. The lowest BCUT2D eigenvalue weighted by molar-refractivity contribution is 1.01. The minimum Gasteiger partial charge on any atom is -0.338 e. The number of pyridine rings is 1. The molecular weight excluding hydrogens is 278 g/mol. The van der Waals surface area contributed by atoms with E-state index in [9.17, 15) is 0 Å². The number of benzene rings is 1. The monoisotopic (exact) mass is 289 g/mol. The second-order valence-corrected chi connectivity index (χ2v) is 4.63. The molecule has 1 aromatic carbocycles. The van der Waals surface area contributed by atoms with Gasteiger partial charge in [-0.25, -0.2) is 5.43 Å². The Bertz CT molecular complexity index is 959.